The molecule has 0 aliphatic carbocycles. The lowest BCUT2D eigenvalue weighted by Crippen LogP contribution is -2.31. The zero-order chi connectivity index (χ0) is 12.8. The number of hydrogen-bond acceptors (Lipinski definition) is 2. The van der Waals surface area contributed by atoms with Gasteiger partial charge in [0.2, 0.25) is 0 Å². The summed E-state index contributed by atoms with van der Waals surface area (Å²) in [5, 5.41) is 12.3. The third-order valence-electron chi connectivity index (χ3n) is 2.74. The molecule has 17 heavy (non-hydrogen) atoms. The fourth-order valence-electron chi connectivity index (χ4n) is 1.85. The predicted molar refractivity (Wildman–Crippen MR) is 71.4 cm³/mol. The van der Waals surface area contributed by atoms with Crippen molar-refractivity contribution in [2.75, 3.05) is 6.61 Å². The van der Waals surface area contributed by atoms with E-state index in [0.29, 0.717) is 6.42 Å². The molecule has 0 spiro atoms. The Morgan fingerprint density at radius 3 is 2.65 bits per heavy atom. The van der Waals surface area contributed by atoms with Gasteiger partial charge in [-0.1, -0.05) is 22.9 Å². The van der Waals surface area contributed by atoms with Crippen LogP contribution in [-0.2, 0) is 0 Å². The van der Waals surface area contributed by atoms with Crippen molar-refractivity contribution in [3.05, 3.63) is 34.1 Å². The smallest absolute Gasteiger partial charge is 0.124 e. The summed E-state index contributed by atoms with van der Waals surface area (Å²) in [5.74, 6) is -0.232. The minimum absolute atomic E-state index is 0.114. The monoisotopic (exact) mass is 303 g/mol. The van der Waals surface area contributed by atoms with Gasteiger partial charge < -0.3 is 10.4 Å². The summed E-state index contributed by atoms with van der Waals surface area (Å²) in [5.41, 5.74) is 0.934. The Morgan fingerprint density at radius 1 is 1.41 bits per heavy atom. The first-order chi connectivity index (χ1) is 8.06. The average Bonchev–Trinajstić information content (AvgIpc) is 2.24. The number of rotatable bonds is 6. The van der Waals surface area contributed by atoms with Gasteiger partial charge in [0.15, 0.2) is 0 Å². The summed E-state index contributed by atoms with van der Waals surface area (Å²) in [4.78, 5) is 0. The van der Waals surface area contributed by atoms with Crippen LogP contribution >= 0.6 is 15.9 Å². The lowest BCUT2D eigenvalue weighted by molar-refractivity contribution is 0.262. The Kier molecular flexibility index (Phi) is 6.09. The molecule has 2 N–H and O–H groups in total. The molecule has 96 valence electrons. The number of nitrogens with one attached hydrogen (secondary N) is 1. The Bertz CT molecular complexity index is 339. The quantitative estimate of drug-likeness (QED) is 0.844. The van der Waals surface area contributed by atoms with E-state index in [1.807, 2.05) is 13.0 Å². The minimum atomic E-state index is -0.232. The van der Waals surface area contributed by atoms with Crippen LogP contribution in [0.4, 0.5) is 4.39 Å². The molecule has 0 heterocycles. The Balaban J connectivity index is 2.78. The first-order valence-electron chi connectivity index (χ1n) is 5.89. The molecule has 1 rings (SSSR count). The van der Waals surface area contributed by atoms with Crippen LogP contribution < -0.4 is 5.32 Å². The van der Waals surface area contributed by atoms with Crippen LogP contribution in [-0.4, -0.2) is 17.8 Å². The molecule has 0 amide bonds. The van der Waals surface area contributed by atoms with E-state index in [2.05, 4.69) is 28.2 Å². The average molecular weight is 304 g/mol. The zero-order valence-electron chi connectivity index (χ0n) is 10.2. The van der Waals surface area contributed by atoms with Gasteiger partial charge in [0, 0.05) is 23.2 Å². The van der Waals surface area contributed by atoms with Crippen LogP contribution in [0.25, 0.3) is 0 Å². The van der Waals surface area contributed by atoms with Crippen molar-refractivity contribution < 1.29 is 9.50 Å². The molecular weight excluding hydrogens is 285 g/mol. The topological polar surface area (TPSA) is 32.3 Å². The minimum Gasteiger partial charge on any atom is -0.396 e. The molecule has 0 aliphatic rings. The van der Waals surface area contributed by atoms with Crippen LogP contribution in [0.1, 0.15) is 38.3 Å². The van der Waals surface area contributed by atoms with E-state index in [1.165, 1.54) is 6.07 Å². The van der Waals surface area contributed by atoms with Gasteiger partial charge in [-0.15, -0.1) is 0 Å². The third kappa shape index (κ3) is 4.74. The second-order valence-electron chi connectivity index (χ2n) is 4.24. The van der Waals surface area contributed by atoms with E-state index >= 15 is 0 Å². The van der Waals surface area contributed by atoms with Crippen molar-refractivity contribution >= 4 is 15.9 Å². The second-order valence-corrected chi connectivity index (χ2v) is 5.16. The summed E-state index contributed by atoms with van der Waals surface area (Å²) in [6.07, 6.45) is 1.58. The molecule has 1 aromatic carbocycles. The normalized spacial score (nSPS) is 14.6. The second kappa shape index (κ2) is 7.09. The number of hydrogen-bond donors (Lipinski definition) is 2. The summed E-state index contributed by atoms with van der Waals surface area (Å²) in [6, 6.07) is 5.26. The van der Waals surface area contributed by atoms with E-state index < -0.39 is 0 Å². The van der Waals surface area contributed by atoms with Gasteiger partial charge >= 0.3 is 0 Å². The number of benzene rings is 1. The van der Waals surface area contributed by atoms with Crippen molar-refractivity contribution in [1.82, 2.24) is 5.32 Å². The maximum Gasteiger partial charge on any atom is 0.124 e. The summed E-state index contributed by atoms with van der Waals surface area (Å²) in [7, 11) is 0. The van der Waals surface area contributed by atoms with Gasteiger partial charge in [0.05, 0.1) is 0 Å². The van der Waals surface area contributed by atoms with E-state index in [1.54, 1.807) is 6.07 Å². The highest BCUT2D eigenvalue weighted by molar-refractivity contribution is 9.10. The Morgan fingerprint density at radius 2 is 2.12 bits per heavy atom. The Labute approximate surface area is 110 Å². The van der Waals surface area contributed by atoms with Crippen molar-refractivity contribution in [1.29, 1.82) is 0 Å². The molecule has 0 saturated carbocycles. The zero-order valence-corrected chi connectivity index (χ0v) is 11.8. The van der Waals surface area contributed by atoms with E-state index in [9.17, 15) is 4.39 Å². The molecule has 0 aliphatic heterocycles. The van der Waals surface area contributed by atoms with Crippen LogP contribution in [0.2, 0.25) is 0 Å². The van der Waals surface area contributed by atoms with Crippen LogP contribution in [0.3, 0.4) is 0 Å². The van der Waals surface area contributed by atoms with Gasteiger partial charge in [-0.3, -0.25) is 0 Å². The first kappa shape index (κ1) is 14.6. The largest absolute Gasteiger partial charge is 0.396 e. The maximum atomic E-state index is 13.3. The molecule has 2 nitrogen and oxygen atoms in total. The van der Waals surface area contributed by atoms with Gasteiger partial charge in [-0.05, 0) is 43.5 Å². The van der Waals surface area contributed by atoms with E-state index in [-0.39, 0.29) is 24.5 Å². The first-order valence-corrected chi connectivity index (χ1v) is 6.69. The lowest BCUT2D eigenvalue weighted by atomic mass is 10.0. The van der Waals surface area contributed by atoms with E-state index in [4.69, 9.17) is 5.11 Å². The fraction of sp³-hybridized carbons (Fsp3) is 0.538. The van der Waals surface area contributed by atoms with Crippen LogP contribution in [0.15, 0.2) is 22.7 Å². The molecule has 0 bridgehead atoms. The number of halogens is 2. The van der Waals surface area contributed by atoms with Gasteiger partial charge in [0.25, 0.3) is 0 Å². The van der Waals surface area contributed by atoms with Crippen molar-refractivity contribution in [3.63, 3.8) is 0 Å². The SMILES string of the molecule is CCC(NC(C)CCO)c1cc(F)cc(Br)c1. The number of aliphatic hydroxyl groups is 1. The van der Waals surface area contributed by atoms with E-state index in [0.717, 1.165) is 16.5 Å². The van der Waals surface area contributed by atoms with Crippen LogP contribution in [0.5, 0.6) is 0 Å². The molecule has 0 fully saturated rings. The molecule has 0 aromatic heterocycles. The molecular formula is C13H19BrFNO. The lowest BCUT2D eigenvalue weighted by Gasteiger charge is -2.22. The molecule has 4 heteroatoms. The van der Waals surface area contributed by atoms with Gasteiger partial charge in [0.1, 0.15) is 5.82 Å². The summed E-state index contributed by atoms with van der Waals surface area (Å²) in [6.45, 7) is 4.24. The molecule has 1 aromatic rings. The Hall–Kier alpha value is -0.450. The van der Waals surface area contributed by atoms with Gasteiger partial charge in [-0.25, -0.2) is 4.39 Å². The molecule has 0 radical (unpaired) electrons. The van der Waals surface area contributed by atoms with Crippen molar-refractivity contribution in [2.45, 2.75) is 38.8 Å². The molecule has 2 atom stereocenters. The maximum absolute atomic E-state index is 13.3. The highest BCUT2D eigenvalue weighted by atomic mass is 79.9. The fourth-order valence-corrected chi connectivity index (χ4v) is 2.33. The highest BCUT2D eigenvalue weighted by Gasteiger charge is 2.13. The molecule has 2 unspecified atom stereocenters. The predicted octanol–water partition coefficient (Wildman–Crippen LogP) is 3.40. The van der Waals surface area contributed by atoms with Crippen molar-refractivity contribution in [2.24, 2.45) is 0 Å². The number of aliphatic hydroxyl groups excluding tert-OH is 1. The van der Waals surface area contributed by atoms with Gasteiger partial charge in [-0.2, -0.15) is 0 Å². The third-order valence-corrected chi connectivity index (χ3v) is 3.20. The standard InChI is InChI=1S/C13H19BrFNO/c1-3-13(16-9(2)4-5-17)10-6-11(14)8-12(15)7-10/h6-9,13,16-17H,3-5H2,1-2H3. The molecule has 0 saturated heterocycles. The van der Waals surface area contributed by atoms with Crippen molar-refractivity contribution in [3.8, 4) is 0 Å². The van der Waals surface area contributed by atoms with Crippen LogP contribution in [0, 0.1) is 5.82 Å². The highest BCUT2D eigenvalue weighted by Crippen LogP contribution is 2.23. The summed E-state index contributed by atoms with van der Waals surface area (Å²) < 4.78 is 14.1. The summed E-state index contributed by atoms with van der Waals surface area (Å²) >= 11 is 3.30.